The van der Waals surface area contributed by atoms with Crippen molar-refractivity contribution < 1.29 is 9.59 Å². The number of hydrogen-bond acceptors (Lipinski definition) is 3. The third-order valence-electron chi connectivity index (χ3n) is 4.57. The third kappa shape index (κ3) is 5.08. The monoisotopic (exact) mass is 383 g/mol. The average molecular weight is 383 g/mol. The lowest BCUT2D eigenvalue weighted by molar-refractivity contribution is -0.132. The number of likely N-dealkylation sites (N-methyl/N-ethyl adjacent to an activating group) is 1. The van der Waals surface area contributed by atoms with Crippen molar-refractivity contribution in [3.63, 3.8) is 0 Å². The Morgan fingerprint density at radius 3 is 2.10 bits per heavy atom. The summed E-state index contributed by atoms with van der Waals surface area (Å²) in [6, 6.07) is 26.4. The molecule has 5 nitrogen and oxygen atoms in total. The van der Waals surface area contributed by atoms with Gasteiger partial charge in [-0.25, -0.2) is 0 Å². The van der Waals surface area contributed by atoms with Crippen molar-refractivity contribution in [1.82, 2.24) is 10.2 Å². The van der Waals surface area contributed by atoms with Crippen molar-refractivity contribution in [2.75, 3.05) is 7.05 Å². The van der Waals surface area contributed by atoms with Gasteiger partial charge in [0.15, 0.2) is 0 Å². The Morgan fingerprint density at radius 2 is 1.52 bits per heavy atom. The summed E-state index contributed by atoms with van der Waals surface area (Å²) in [6.07, 6.45) is 0. The molecule has 5 heteroatoms. The van der Waals surface area contributed by atoms with Crippen LogP contribution in [-0.2, 0) is 11.3 Å². The predicted molar refractivity (Wildman–Crippen MR) is 111 cm³/mol. The molecule has 0 aliphatic rings. The second-order valence-corrected chi connectivity index (χ2v) is 6.69. The van der Waals surface area contributed by atoms with Gasteiger partial charge in [0, 0.05) is 19.2 Å². The molecule has 3 rings (SSSR count). The lowest BCUT2D eigenvalue weighted by Crippen LogP contribution is -2.41. The van der Waals surface area contributed by atoms with E-state index in [9.17, 15) is 9.59 Å². The highest BCUT2D eigenvalue weighted by molar-refractivity contribution is 5.97. The summed E-state index contributed by atoms with van der Waals surface area (Å²) < 4.78 is 0. The van der Waals surface area contributed by atoms with Crippen LogP contribution in [0.2, 0.25) is 0 Å². The molecule has 3 aromatic carbocycles. The Balaban J connectivity index is 1.80. The van der Waals surface area contributed by atoms with Crippen LogP contribution in [0.5, 0.6) is 0 Å². The summed E-state index contributed by atoms with van der Waals surface area (Å²) in [6.45, 7) is 0.370. The van der Waals surface area contributed by atoms with Crippen molar-refractivity contribution in [2.45, 2.75) is 12.6 Å². The molecular formula is C24H21N3O2. The first-order chi connectivity index (χ1) is 14.1. The number of hydrogen-bond donors (Lipinski definition) is 1. The molecule has 29 heavy (non-hydrogen) atoms. The molecule has 0 bridgehead atoms. The number of benzene rings is 3. The largest absolute Gasteiger partial charge is 0.339 e. The van der Waals surface area contributed by atoms with Crippen molar-refractivity contribution in [1.29, 1.82) is 5.26 Å². The number of nitrogens with zero attached hydrogens (tertiary/aromatic N) is 2. The van der Waals surface area contributed by atoms with Crippen molar-refractivity contribution in [3.8, 4) is 6.07 Å². The first kappa shape index (κ1) is 19.8. The van der Waals surface area contributed by atoms with Crippen LogP contribution in [0.3, 0.4) is 0 Å². The van der Waals surface area contributed by atoms with Crippen molar-refractivity contribution >= 4 is 11.8 Å². The van der Waals surface area contributed by atoms with Gasteiger partial charge in [0.2, 0.25) is 5.91 Å². The summed E-state index contributed by atoms with van der Waals surface area (Å²) in [5, 5.41) is 11.8. The van der Waals surface area contributed by atoms with E-state index in [0.29, 0.717) is 23.2 Å². The van der Waals surface area contributed by atoms with Gasteiger partial charge in [-0.2, -0.15) is 5.26 Å². The van der Waals surface area contributed by atoms with E-state index >= 15 is 0 Å². The maximum absolute atomic E-state index is 13.2. The second-order valence-electron chi connectivity index (χ2n) is 6.69. The molecule has 0 heterocycles. The van der Waals surface area contributed by atoms with E-state index in [0.717, 1.165) is 5.56 Å². The fourth-order valence-electron chi connectivity index (χ4n) is 2.99. The number of nitriles is 1. The van der Waals surface area contributed by atoms with E-state index < -0.39 is 6.04 Å². The molecule has 0 aliphatic heterocycles. The van der Waals surface area contributed by atoms with Crippen LogP contribution in [0.15, 0.2) is 84.9 Å². The van der Waals surface area contributed by atoms with E-state index in [1.165, 1.54) is 0 Å². The smallest absolute Gasteiger partial charge is 0.252 e. The van der Waals surface area contributed by atoms with E-state index in [2.05, 4.69) is 11.4 Å². The molecule has 1 N–H and O–H groups in total. The summed E-state index contributed by atoms with van der Waals surface area (Å²) >= 11 is 0. The molecule has 1 unspecified atom stereocenters. The first-order valence-corrected chi connectivity index (χ1v) is 9.23. The van der Waals surface area contributed by atoms with Crippen LogP contribution in [0.25, 0.3) is 0 Å². The Labute approximate surface area is 170 Å². The highest BCUT2D eigenvalue weighted by atomic mass is 16.2. The van der Waals surface area contributed by atoms with Gasteiger partial charge in [-0.05, 0) is 35.4 Å². The molecule has 0 fully saturated rings. The van der Waals surface area contributed by atoms with Crippen LogP contribution >= 0.6 is 0 Å². The Kier molecular flexibility index (Phi) is 6.39. The van der Waals surface area contributed by atoms with E-state index in [-0.39, 0.29) is 11.8 Å². The standard InChI is InChI=1S/C24H21N3O2/c1-27(17-19-14-12-18(16-25)13-15-19)24(29)22(20-8-4-2-5-9-20)26-23(28)21-10-6-3-7-11-21/h2-15,22H,17H2,1H3,(H,26,28). The Morgan fingerprint density at radius 1 is 0.931 bits per heavy atom. The van der Waals surface area contributed by atoms with Crippen LogP contribution in [-0.4, -0.2) is 23.8 Å². The van der Waals surface area contributed by atoms with Gasteiger partial charge in [0.05, 0.1) is 11.6 Å². The van der Waals surface area contributed by atoms with Crippen molar-refractivity contribution in [3.05, 3.63) is 107 Å². The van der Waals surface area contributed by atoms with Gasteiger partial charge in [-0.3, -0.25) is 9.59 Å². The highest BCUT2D eigenvalue weighted by Crippen LogP contribution is 2.18. The Hall–Kier alpha value is -3.91. The molecule has 0 aromatic heterocycles. The van der Waals surface area contributed by atoms with Crippen LogP contribution in [0.1, 0.15) is 33.1 Å². The fraction of sp³-hybridized carbons (Fsp3) is 0.125. The number of rotatable bonds is 6. The zero-order chi connectivity index (χ0) is 20.6. The van der Waals surface area contributed by atoms with E-state index in [1.54, 1.807) is 48.3 Å². The van der Waals surface area contributed by atoms with Gasteiger partial charge >= 0.3 is 0 Å². The molecule has 0 radical (unpaired) electrons. The fourth-order valence-corrected chi connectivity index (χ4v) is 2.99. The Bertz CT molecular complexity index is 1010. The summed E-state index contributed by atoms with van der Waals surface area (Å²) in [7, 11) is 1.70. The SMILES string of the molecule is CN(Cc1ccc(C#N)cc1)C(=O)C(NC(=O)c1ccccc1)c1ccccc1. The normalized spacial score (nSPS) is 11.2. The molecular weight excluding hydrogens is 362 g/mol. The highest BCUT2D eigenvalue weighted by Gasteiger charge is 2.26. The molecule has 0 spiro atoms. The molecule has 3 aromatic rings. The van der Waals surface area contributed by atoms with E-state index in [1.807, 2.05) is 48.5 Å². The van der Waals surface area contributed by atoms with Gasteiger partial charge < -0.3 is 10.2 Å². The molecule has 1 atom stereocenters. The first-order valence-electron chi connectivity index (χ1n) is 9.23. The maximum Gasteiger partial charge on any atom is 0.252 e. The zero-order valence-electron chi connectivity index (χ0n) is 16.1. The summed E-state index contributed by atoms with van der Waals surface area (Å²) in [5.41, 5.74) is 2.69. The van der Waals surface area contributed by atoms with Crippen LogP contribution in [0, 0.1) is 11.3 Å². The maximum atomic E-state index is 13.2. The van der Waals surface area contributed by atoms with Gasteiger partial charge in [-0.15, -0.1) is 0 Å². The molecule has 0 aliphatic carbocycles. The zero-order valence-corrected chi connectivity index (χ0v) is 16.1. The number of amides is 2. The lowest BCUT2D eigenvalue weighted by Gasteiger charge is -2.25. The number of nitrogens with one attached hydrogen (secondary N) is 1. The lowest BCUT2D eigenvalue weighted by atomic mass is 10.0. The minimum Gasteiger partial charge on any atom is -0.339 e. The molecule has 0 saturated heterocycles. The van der Waals surface area contributed by atoms with Gasteiger partial charge in [0.25, 0.3) is 5.91 Å². The number of carbonyl (C=O) groups is 2. The topological polar surface area (TPSA) is 73.2 Å². The predicted octanol–water partition coefficient (Wildman–Crippen LogP) is 3.69. The minimum absolute atomic E-state index is 0.218. The van der Waals surface area contributed by atoms with E-state index in [4.69, 9.17) is 5.26 Å². The summed E-state index contributed by atoms with van der Waals surface area (Å²) in [4.78, 5) is 27.4. The third-order valence-corrected chi connectivity index (χ3v) is 4.57. The quantitative estimate of drug-likeness (QED) is 0.706. The molecule has 2 amide bonds. The average Bonchev–Trinajstić information content (AvgIpc) is 2.78. The van der Waals surface area contributed by atoms with Crippen LogP contribution < -0.4 is 5.32 Å². The molecule has 144 valence electrons. The second kappa shape index (κ2) is 9.34. The molecule has 0 saturated carbocycles. The minimum atomic E-state index is -0.799. The summed E-state index contributed by atoms with van der Waals surface area (Å²) in [5.74, 6) is -0.524. The van der Waals surface area contributed by atoms with Gasteiger partial charge in [0.1, 0.15) is 6.04 Å². The van der Waals surface area contributed by atoms with Crippen LogP contribution in [0.4, 0.5) is 0 Å². The van der Waals surface area contributed by atoms with Crippen molar-refractivity contribution in [2.24, 2.45) is 0 Å². The number of carbonyl (C=O) groups excluding carboxylic acids is 2. The van der Waals surface area contributed by atoms with Gasteiger partial charge in [-0.1, -0.05) is 60.7 Å².